The van der Waals surface area contributed by atoms with E-state index < -0.39 is 5.95 Å². The van der Waals surface area contributed by atoms with Crippen molar-refractivity contribution in [2.75, 3.05) is 5.73 Å². The van der Waals surface area contributed by atoms with E-state index in [2.05, 4.69) is 9.97 Å². The Morgan fingerprint density at radius 2 is 2.13 bits per heavy atom. The Labute approximate surface area is 87.6 Å². The molecule has 5 heteroatoms. The third-order valence-electron chi connectivity index (χ3n) is 1.95. The van der Waals surface area contributed by atoms with Gasteiger partial charge < -0.3 is 5.73 Å². The second-order valence-electron chi connectivity index (χ2n) is 3.05. The number of nitrogen functional groups attached to an aromatic ring is 1. The van der Waals surface area contributed by atoms with Gasteiger partial charge in [-0.05, 0) is 18.2 Å². The Bertz CT molecular complexity index is 502. The molecule has 2 aromatic rings. The molecule has 0 saturated heterocycles. The molecule has 2 rings (SSSR count). The molecule has 0 bridgehead atoms. The number of nitrogens with zero attached hydrogens (tertiary/aromatic N) is 2. The van der Waals surface area contributed by atoms with Crippen molar-refractivity contribution in [2.24, 2.45) is 0 Å². The van der Waals surface area contributed by atoms with Crippen LogP contribution in [0.1, 0.15) is 0 Å². The first kappa shape index (κ1) is 9.64. The van der Waals surface area contributed by atoms with Crippen LogP contribution in [0.15, 0.2) is 30.6 Å². The number of rotatable bonds is 1. The molecule has 2 radical (unpaired) electrons. The van der Waals surface area contributed by atoms with Gasteiger partial charge in [0.2, 0.25) is 5.95 Å². The summed E-state index contributed by atoms with van der Waals surface area (Å²) in [5.41, 5.74) is 7.09. The lowest BCUT2D eigenvalue weighted by Crippen LogP contribution is -2.07. The lowest BCUT2D eigenvalue weighted by atomic mass is 9.97. The van der Waals surface area contributed by atoms with E-state index in [1.807, 2.05) is 0 Å². The minimum absolute atomic E-state index is 0.273. The third kappa shape index (κ3) is 1.81. The van der Waals surface area contributed by atoms with Crippen LogP contribution in [-0.2, 0) is 0 Å². The standard InChI is InChI=1S/C10H7BFN3/c11-6-4-8(13)9(15-5-6)7-2-1-3-14-10(7)12/h1-5H,13H2. The Morgan fingerprint density at radius 1 is 1.33 bits per heavy atom. The van der Waals surface area contributed by atoms with Crippen LogP contribution in [0.2, 0.25) is 0 Å². The Hall–Kier alpha value is -1.91. The van der Waals surface area contributed by atoms with Gasteiger partial charge in [0, 0.05) is 12.4 Å². The zero-order valence-corrected chi connectivity index (χ0v) is 7.81. The molecule has 0 amide bonds. The van der Waals surface area contributed by atoms with Crippen molar-refractivity contribution >= 4 is 19.0 Å². The molecule has 2 heterocycles. The number of aromatic nitrogens is 2. The van der Waals surface area contributed by atoms with Gasteiger partial charge in [0.15, 0.2) is 0 Å². The van der Waals surface area contributed by atoms with Gasteiger partial charge in [0.1, 0.15) is 7.85 Å². The zero-order chi connectivity index (χ0) is 10.8. The fourth-order valence-electron chi connectivity index (χ4n) is 1.29. The average molecular weight is 199 g/mol. The van der Waals surface area contributed by atoms with Crippen LogP contribution in [0.3, 0.4) is 0 Å². The van der Waals surface area contributed by atoms with E-state index in [0.717, 1.165) is 0 Å². The number of anilines is 1. The molecule has 3 nitrogen and oxygen atoms in total. The summed E-state index contributed by atoms with van der Waals surface area (Å²) in [6, 6.07) is 4.72. The number of nitrogens with two attached hydrogens (primary N) is 1. The molecule has 0 aliphatic carbocycles. The molecule has 0 unspecified atom stereocenters. The first-order valence-corrected chi connectivity index (χ1v) is 4.30. The SMILES string of the molecule is [B]c1cnc(-c2cccnc2F)c(N)c1. The summed E-state index contributed by atoms with van der Waals surface area (Å²) in [5.74, 6) is -0.596. The summed E-state index contributed by atoms with van der Waals surface area (Å²) in [5, 5.41) is 0. The first-order valence-electron chi connectivity index (χ1n) is 4.30. The maximum Gasteiger partial charge on any atom is 0.222 e. The molecular weight excluding hydrogens is 192 g/mol. The predicted octanol–water partition coefficient (Wildman–Crippen LogP) is 0.659. The van der Waals surface area contributed by atoms with Gasteiger partial charge in [-0.2, -0.15) is 4.39 Å². The summed E-state index contributed by atoms with van der Waals surface area (Å²) < 4.78 is 13.3. The highest BCUT2D eigenvalue weighted by atomic mass is 19.1. The molecule has 0 aliphatic heterocycles. The Balaban J connectivity index is 2.60. The topological polar surface area (TPSA) is 51.8 Å². The molecular formula is C10H7BFN3. The van der Waals surface area contributed by atoms with Crippen LogP contribution < -0.4 is 11.2 Å². The van der Waals surface area contributed by atoms with E-state index in [0.29, 0.717) is 16.8 Å². The van der Waals surface area contributed by atoms with Crippen LogP contribution in [0.25, 0.3) is 11.3 Å². The molecule has 0 aliphatic rings. The molecule has 0 atom stereocenters. The van der Waals surface area contributed by atoms with Crippen LogP contribution in [0.5, 0.6) is 0 Å². The fourth-order valence-corrected chi connectivity index (χ4v) is 1.29. The number of hydrogen-bond acceptors (Lipinski definition) is 3. The van der Waals surface area contributed by atoms with Crippen LogP contribution in [-0.4, -0.2) is 17.8 Å². The molecule has 15 heavy (non-hydrogen) atoms. The molecule has 2 aromatic heterocycles. The molecule has 0 fully saturated rings. The van der Waals surface area contributed by atoms with E-state index >= 15 is 0 Å². The van der Waals surface area contributed by atoms with Crippen molar-refractivity contribution in [3.63, 3.8) is 0 Å². The second kappa shape index (κ2) is 3.69. The minimum atomic E-state index is -0.596. The van der Waals surface area contributed by atoms with Crippen molar-refractivity contribution < 1.29 is 4.39 Å². The molecule has 2 N–H and O–H groups in total. The quantitative estimate of drug-likeness (QED) is 0.542. The number of halogens is 1. The lowest BCUT2D eigenvalue weighted by Gasteiger charge is -2.05. The lowest BCUT2D eigenvalue weighted by molar-refractivity contribution is 0.587. The van der Waals surface area contributed by atoms with Gasteiger partial charge in [-0.3, -0.25) is 4.98 Å². The Morgan fingerprint density at radius 3 is 2.80 bits per heavy atom. The summed E-state index contributed by atoms with van der Waals surface area (Å²) in [7, 11) is 5.49. The van der Waals surface area contributed by atoms with Gasteiger partial charge in [-0.25, -0.2) is 4.98 Å². The van der Waals surface area contributed by atoms with Gasteiger partial charge in [0.05, 0.1) is 16.9 Å². The summed E-state index contributed by atoms with van der Waals surface area (Å²) in [4.78, 5) is 7.50. The van der Waals surface area contributed by atoms with Gasteiger partial charge >= 0.3 is 0 Å². The first-order chi connectivity index (χ1) is 7.18. The average Bonchev–Trinajstić information content (AvgIpc) is 2.20. The van der Waals surface area contributed by atoms with Crippen molar-refractivity contribution in [1.82, 2.24) is 9.97 Å². The maximum absolute atomic E-state index is 13.3. The highest BCUT2D eigenvalue weighted by molar-refractivity contribution is 6.32. The van der Waals surface area contributed by atoms with Gasteiger partial charge in [0.25, 0.3) is 0 Å². The normalized spacial score (nSPS) is 10.2. The molecule has 72 valence electrons. The summed E-state index contributed by atoms with van der Waals surface area (Å²) >= 11 is 0. The highest BCUT2D eigenvalue weighted by Crippen LogP contribution is 2.23. The zero-order valence-electron chi connectivity index (χ0n) is 7.81. The summed E-state index contributed by atoms with van der Waals surface area (Å²) in [6.45, 7) is 0. The predicted molar refractivity (Wildman–Crippen MR) is 57.2 cm³/mol. The maximum atomic E-state index is 13.3. The highest BCUT2D eigenvalue weighted by Gasteiger charge is 2.09. The Kier molecular flexibility index (Phi) is 2.37. The second-order valence-corrected chi connectivity index (χ2v) is 3.05. The minimum Gasteiger partial charge on any atom is -0.397 e. The van der Waals surface area contributed by atoms with Crippen LogP contribution in [0, 0.1) is 5.95 Å². The van der Waals surface area contributed by atoms with E-state index in [9.17, 15) is 4.39 Å². The van der Waals surface area contributed by atoms with E-state index in [-0.39, 0.29) is 5.56 Å². The van der Waals surface area contributed by atoms with Crippen molar-refractivity contribution in [1.29, 1.82) is 0 Å². The van der Waals surface area contributed by atoms with Crippen molar-refractivity contribution in [3.05, 3.63) is 36.5 Å². The van der Waals surface area contributed by atoms with Crippen LogP contribution in [0.4, 0.5) is 10.1 Å². The van der Waals surface area contributed by atoms with Crippen LogP contribution >= 0.6 is 0 Å². The smallest absolute Gasteiger partial charge is 0.222 e. The summed E-state index contributed by atoms with van der Waals surface area (Å²) in [6.07, 6.45) is 2.80. The van der Waals surface area contributed by atoms with E-state index in [4.69, 9.17) is 13.6 Å². The largest absolute Gasteiger partial charge is 0.397 e. The van der Waals surface area contributed by atoms with E-state index in [1.165, 1.54) is 18.5 Å². The van der Waals surface area contributed by atoms with Crippen molar-refractivity contribution in [3.8, 4) is 11.3 Å². The van der Waals surface area contributed by atoms with Crippen molar-refractivity contribution in [2.45, 2.75) is 0 Å². The monoisotopic (exact) mass is 199 g/mol. The molecule has 0 aromatic carbocycles. The third-order valence-corrected chi connectivity index (χ3v) is 1.95. The molecule has 0 saturated carbocycles. The van der Waals surface area contributed by atoms with E-state index in [1.54, 1.807) is 12.1 Å². The number of pyridine rings is 2. The fraction of sp³-hybridized carbons (Fsp3) is 0. The van der Waals surface area contributed by atoms with Gasteiger partial charge in [-0.15, -0.1) is 0 Å². The van der Waals surface area contributed by atoms with Gasteiger partial charge in [-0.1, -0.05) is 5.46 Å². The number of hydrogen-bond donors (Lipinski definition) is 1. The molecule has 0 spiro atoms.